The summed E-state index contributed by atoms with van der Waals surface area (Å²) in [6.45, 7) is 4.01. The first-order valence-corrected chi connectivity index (χ1v) is 6.99. The molecular formula is C18H22. The lowest BCUT2D eigenvalue weighted by Crippen LogP contribution is -2.11. The van der Waals surface area contributed by atoms with Gasteiger partial charge < -0.3 is 0 Å². The van der Waals surface area contributed by atoms with Gasteiger partial charge in [-0.3, -0.25) is 0 Å². The summed E-state index contributed by atoms with van der Waals surface area (Å²) in [6.07, 6.45) is 9.90. The van der Waals surface area contributed by atoms with Gasteiger partial charge in [0, 0.05) is 5.56 Å². The molecule has 1 aromatic carbocycles. The first kappa shape index (κ1) is 13.0. The molecule has 0 aromatic heterocycles. The molecule has 0 amide bonds. The Morgan fingerprint density at radius 1 is 1.06 bits per heavy atom. The van der Waals surface area contributed by atoms with E-state index in [1.807, 2.05) is 6.92 Å². The molecular weight excluding hydrogens is 216 g/mol. The van der Waals surface area contributed by atoms with Crippen molar-refractivity contribution in [1.29, 1.82) is 0 Å². The normalized spacial score (nSPS) is 23.7. The topological polar surface area (TPSA) is 0 Å². The van der Waals surface area contributed by atoms with E-state index in [-0.39, 0.29) is 0 Å². The third-order valence-corrected chi connectivity index (χ3v) is 3.89. The first-order valence-electron chi connectivity index (χ1n) is 6.99. The fourth-order valence-corrected chi connectivity index (χ4v) is 2.90. The van der Waals surface area contributed by atoms with Gasteiger partial charge in [0.15, 0.2) is 0 Å². The maximum Gasteiger partial charge on any atom is 0.0245 e. The van der Waals surface area contributed by atoms with Crippen LogP contribution in [0.15, 0.2) is 36.4 Å². The second-order valence-electron chi connectivity index (χ2n) is 5.13. The average Bonchev–Trinajstić information content (AvgIpc) is 2.41. The molecule has 1 aliphatic rings. The molecule has 0 heteroatoms. The van der Waals surface area contributed by atoms with Crippen molar-refractivity contribution in [3.8, 4) is 11.8 Å². The fourth-order valence-electron chi connectivity index (χ4n) is 2.90. The molecule has 1 aromatic rings. The van der Waals surface area contributed by atoms with E-state index in [1.54, 1.807) is 0 Å². The van der Waals surface area contributed by atoms with Gasteiger partial charge in [0.2, 0.25) is 0 Å². The Kier molecular flexibility index (Phi) is 4.65. The molecule has 0 bridgehead atoms. The zero-order valence-electron chi connectivity index (χ0n) is 11.4. The third-order valence-electron chi connectivity index (χ3n) is 3.89. The molecule has 1 aliphatic carbocycles. The van der Waals surface area contributed by atoms with Gasteiger partial charge in [-0.25, -0.2) is 0 Å². The summed E-state index contributed by atoms with van der Waals surface area (Å²) in [7, 11) is 0. The van der Waals surface area contributed by atoms with Gasteiger partial charge in [-0.1, -0.05) is 30.2 Å². The van der Waals surface area contributed by atoms with E-state index in [9.17, 15) is 0 Å². The van der Waals surface area contributed by atoms with E-state index < -0.39 is 0 Å². The van der Waals surface area contributed by atoms with Crippen LogP contribution in [0, 0.1) is 17.8 Å². The van der Waals surface area contributed by atoms with Crippen LogP contribution in [0.5, 0.6) is 0 Å². The molecule has 0 unspecified atom stereocenters. The summed E-state index contributed by atoms with van der Waals surface area (Å²) in [4.78, 5) is 0. The lowest BCUT2D eigenvalue weighted by molar-refractivity contribution is 0.375. The van der Waals surface area contributed by atoms with Crippen molar-refractivity contribution in [3.05, 3.63) is 47.5 Å². The summed E-state index contributed by atoms with van der Waals surface area (Å²) in [6, 6.07) is 8.84. The third kappa shape index (κ3) is 3.26. The van der Waals surface area contributed by atoms with Gasteiger partial charge in [0.25, 0.3) is 0 Å². The maximum absolute atomic E-state index is 3.10. The Morgan fingerprint density at radius 3 is 2.28 bits per heavy atom. The average molecular weight is 238 g/mol. The van der Waals surface area contributed by atoms with Gasteiger partial charge >= 0.3 is 0 Å². The Morgan fingerprint density at radius 2 is 1.72 bits per heavy atom. The minimum absolute atomic E-state index is 0.759. The molecule has 0 spiro atoms. The number of allylic oxidation sites excluding steroid dienone is 2. The number of hydrogen-bond acceptors (Lipinski definition) is 0. The van der Waals surface area contributed by atoms with E-state index in [2.05, 4.69) is 55.2 Å². The van der Waals surface area contributed by atoms with Crippen LogP contribution in [-0.2, 0) is 0 Å². The molecule has 0 aliphatic heterocycles. The van der Waals surface area contributed by atoms with Crippen molar-refractivity contribution in [3.63, 3.8) is 0 Å². The van der Waals surface area contributed by atoms with Gasteiger partial charge in [0.1, 0.15) is 0 Å². The van der Waals surface area contributed by atoms with Crippen molar-refractivity contribution < 1.29 is 0 Å². The van der Waals surface area contributed by atoms with Crippen LogP contribution in [0.3, 0.4) is 0 Å². The zero-order chi connectivity index (χ0) is 12.8. The van der Waals surface area contributed by atoms with E-state index >= 15 is 0 Å². The largest absolute Gasteiger partial charge is 0.101 e. The predicted octanol–water partition coefficient (Wildman–Crippen LogP) is 4.91. The van der Waals surface area contributed by atoms with Crippen LogP contribution in [-0.4, -0.2) is 0 Å². The van der Waals surface area contributed by atoms with Crippen LogP contribution in [0.2, 0.25) is 0 Å². The second kappa shape index (κ2) is 6.45. The minimum atomic E-state index is 0.759. The van der Waals surface area contributed by atoms with Crippen LogP contribution in [0.25, 0.3) is 0 Å². The van der Waals surface area contributed by atoms with Crippen LogP contribution in [0.1, 0.15) is 56.6 Å². The van der Waals surface area contributed by atoms with E-state index in [0.29, 0.717) is 0 Å². The maximum atomic E-state index is 3.10. The molecule has 0 N–H and O–H groups in total. The Labute approximate surface area is 111 Å². The highest BCUT2D eigenvalue weighted by Gasteiger charge is 2.20. The number of benzene rings is 1. The SMILES string of the molecule is CC#Cc1ccc(C2CCC(C=CC)CC2)cc1. The Balaban J connectivity index is 1.98. The smallest absolute Gasteiger partial charge is 0.0245 e. The molecule has 94 valence electrons. The van der Waals surface area contributed by atoms with E-state index in [0.717, 1.165) is 17.4 Å². The molecule has 0 atom stereocenters. The monoisotopic (exact) mass is 238 g/mol. The van der Waals surface area contributed by atoms with Gasteiger partial charge in [0.05, 0.1) is 0 Å². The van der Waals surface area contributed by atoms with Crippen LogP contribution in [0.4, 0.5) is 0 Å². The van der Waals surface area contributed by atoms with E-state index in [4.69, 9.17) is 0 Å². The van der Waals surface area contributed by atoms with Gasteiger partial charge in [-0.05, 0) is 69.1 Å². The summed E-state index contributed by atoms with van der Waals surface area (Å²) < 4.78 is 0. The number of hydrogen-bond donors (Lipinski definition) is 0. The predicted molar refractivity (Wildman–Crippen MR) is 78.5 cm³/mol. The lowest BCUT2D eigenvalue weighted by Gasteiger charge is -2.27. The van der Waals surface area contributed by atoms with Crippen molar-refractivity contribution in [2.45, 2.75) is 45.4 Å². The highest BCUT2D eigenvalue weighted by Crippen LogP contribution is 2.36. The van der Waals surface area contributed by atoms with Crippen LogP contribution < -0.4 is 0 Å². The molecule has 1 fully saturated rings. The zero-order valence-corrected chi connectivity index (χ0v) is 11.4. The molecule has 0 radical (unpaired) electrons. The highest BCUT2D eigenvalue weighted by atomic mass is 14.2. The summed E-state index contributed by atoms with van der Waals surface area (Å²) >= 11 is 0. The molecule has 0 saturated heterocycles. The Bertz CT molecular complexity index is 445. The fraction of sp³-hybridized carbons (Fsp3) is 0.444. The Hall–Kier alpha value is -1.48. The molecule has 0 nitrogen and oxygen atoms in total. The molecule has 2 rings (SSSR count). The first-order chi connectivity index (χ1) is 8.83. The summed E-state index contributed by atoms with van der Waals surface area (Å²) in [5, 5.41) is 0. The summed E-state index contributed by atoms with van der Waals surface area (Å²) in [5.74, 6) is 7.62. The van der Waals surface area contributed by atoms with Gasteiger partial charge in [-0.15, -0.1) is 5.92 Å². The molecule has 18 heavy (non-hydrogen) atoms. The number of rotatable bonds is 2. The molecule has 1 saturated carbocycles. The highest BCUT2D eigenvalue weighted by molar-refractivity contribution is 5.36. The van der Waals surface area contributed by atoms with Crippen LogP contribution >= 0.6 is 0 Å². The minimum Gasteiger partial charge on any atom is -0.101 e. The van der Waals surface area contributed by atoms with Gasteiger partial charge in [-0.2, -0.15) is 0 Å². The summed E-state index contributed by atoms with van der Waals surface area (Å²) in [5.41, 5.74) is 2.62. The standard InChI is InChI=1S/C18H22/c1-3-5-15-7-11-17(12-8-15)18-13-9-16(6-4-2)10-14-18/h3,5,9-10,13-15,17H,7-8,11-12H2,1-2H3. The van der Waals surface area contributed by atoms with Crippen molar-refractivity contribution in [2.24, 2.45) is 5.92 Å². The van der Waals surface area contributed by atoms with Crippen molar-refractivity contribution in [2.75, 3.05) is 0 Å². The second-order valence-corrected chi connectivity index (χ2v) is 5.13. The van der Waals surface area contributed by atoms with E-state index in [1.165, 1.54) is 31.2 Å². The quantitative estimate of drug-likeness (QED) is 0.507. The molecule has 0 heterocycles. The van der Waals surface area contributed by atoms with Crippen molar-refractivity contribution >= 4 is 0 Å². The lowest BCUT2D eigenvalue weighted by atomic mass is 9.78. The van der Waals surface area contributed by atoms with Crippen molar-refractivity contribution in [1.82, 2.24) is 0 Å².